The molecule has 0 unspecified atom stereocenters. The zero-order chi connectivity index (χ0) is 25.5. The Bertz CT molecular complexity index is 1360. The molecule has 2 aromatic carbocycles. The number of anilines is 1. The molecule has 0 aliphatic carbocycles. The largest absolute Gasteiger partial charge is 0.444 e. The Kier molecular flexibility index (Phi) is 6.85. The van der Waals surface area contributed by atoms with Gasteiger partial charge in [0.2, 0.25) is 9.84 Å². The van der Waals surface area contributed by atoms with Crippen LogP contribution in [0.25, 0.3) is 10.9 Å². The van der Waals surface area contributed by atoms with Crippen molar-refractivity contribution in [3.05, 3.63) is 53.1 Å². The van der Waals surface area contributed by atoms with Crippen LogP contribution in [-0.2, 0) is 14.6 Å². The van der Waals surface area contributed by atoms with Crippen LogP contribution >= 0.6 is 15.9 Å². The topological polar surface area (TPSA) is 71.8 Å². The molecule has 0 spiro atoms. The Morgan fingerprint density at radius 3 is 2.37 bits per heavy atom. The van der Waals surface area contributed by atoms with Crippen molar-refractivity contribution >= 4 is 48.5 Å². The predicted molar refractivity (Wildman–Crippen MR) is 133 cm³/mol. The molecule has 0 saturated carbocycles. The molecule has 3 aromatic rings. The molecule has 188 valence electrons. The summed E-state index contributed by atoms with van der Waals surface area (Å²) in [5, 5.41) is 0.219. The number of carbonyl (C=O) groups is 1. The molecule has 1 aliphatic heterocycles. The summed E-state index contributed by atoms with van der Waals surface area (Å²) in [7, 11) is -4.09. The lowest BCUT2D eigenvalue weighted by atomic mass is 10.2. The summed E-state index contributed by atoms with van der Waals surface area (Å²) in [6.45, 7) is 4.42. The zero-order valence-electron chi connectivity index (χ0n) is 19.5. The number of nitrogens with zero attached hydrogens (tertiary/aromatic N) is 3. The van der Waals surface area contributed by atoms with E-state index in [0.717, 1.165) is 6.20 Å². The van der Waals surface area contributed by atoms with Gasteiger partial charge in [-0.25, -0.2) is 13.2 Å². The van der Waals surface area contributed by atoms with E-state index in [1.54, 1.807) is 29.2 Å². The van der Waals surface area contributed by atoms with E-state index in [2.05, 4.69) is 15.9 Å². The highest BCUT2D eigenvalue weighted by Gasteiger charge is 2.28. The Morgan fingerprint density at radius 2 is 1.74 bits per heavy atom. The minimum Gasteiger partial charge on any atom is -0.444 e. The molecule has 4 rings (SSSR count). The van der Waals surface area contributed by atoms with E-state index < -0.39 is 22.0 Å². The predicted octanol–water partition coefficient (Wildman–Crippen LogP) is 5.69. The van der Waals surface area contributed by atoms with E-state index >= 15 is 0 Å². The first-order valence-corrected chi connectivity index (χ1v) is 13.3. The number of ether oxygens (including phenoxy) is 1. The third kappa shape index (κ3) is 5.30. The van der Waals surface area contributed by atoms with Crippen molar-refractivity contribution in [2.24, 2.45) is 0 Å². The fourth-order valence-electron chi connectivity index (χ4n) is 4.02. The van der Waals surface area contributed by atoms with Crippen molar-refractivity contribution in [3.8, 4) is 0 Å². The molecule has 2 heterocycles. The highest BCUT2D eigenvalue weighted by molar-refractivity contribution is 9.10. The SMILES string of the molecule is CC(C)(C)OC(=O)N1CCN(c2cccc(S(=O)(=O)c3cn(C(F)F)c4ccc(Br)cc34)c2)CC1. The Morgan fingerprint density at radius 1 is 1.06 bits per heavy atom. The second-order valence-corrected chi connectivity index (χ2v) is 12.1. The summed E-state index contributed by atoms with van der Waals surface area (Å²) in [6, 6.07) is 11.0. The highest BCUT2D eigenvalue weighted by atomic mass is 79.9. The Hall–Kier alpha value is -2.66. The van der Waals surface area contributed by atoms with E-state index in [1.807, 2.05) is 25.7 Å². The molecule has 1 fully saturated rings. The van der Waals surface area contributed by atoms with Crippen LogP contribution in [0.1, 0.15) is 27.3 Å². The van der Waals surface area contributed by atoms with Gasteiger partial charge in [0, 0.05) is 47.9 Å². The van der Waals surface area contributed by atoms with Crippen LogP contribution in [0.4, 0.5) is 19.3 Å². The first-order chi connectivity index (χ1) is 16.4. The van der Waals surface area contributed by atoms with Crippen LogP contribution in [0.3, 0.4) is 0 Å². The van der Waals surface area contributed by atoms with Gasteiger partial charge in [-0.05, 0) is 57.2 Å². The van der Waals surface area contributed by atoms with E-state index in [4.69, 9.17) is 4.74 Å². The summed E-state index contributed by atoms with van der Waals surface area (Å²) < 4.78 is 61.0. The van der Waals surface area contributed by atoms with Gasteiger partial charge in [0.15, 0.2) is 0 Å². The van der Waals surface area contributed by atoms with Crippen molar-refractivity contribution in [3.63, 3.8) is 0 Å². The Labute approximate surface area is 211 Å². The van der Waals surface area contributed by atoms with Crippen LogP contribution in [0.15, 0.2) is 62.9 Å². The smallest absolute Gasteiger partial charge is 0.410 e. The van der Waals surface area contributed by atoms with Gasteiger partial charge in [0.05, 0.1) is 15.3 Å². The molecule has 11 heteroatoms. The lowest BCUT2D eigenvalue weighted by Crippen LogP contribution is -2.50. The molecule has 1 saturated heterocycles. The van der Waals surface area contributed by atoms with E-state index in [1.165, 1.54) is 18.2 Å². The van der Waals surface area contributed by atoms with E-state index in [9.17, 15) is 22.0 Å². The number of sulfone groups is 1. The fourth-order valence-corrected chi connectivity index (χ4v) is 5.87. The second-order valence-electron chi connectivity index (χ2n) is 9.29. The summed E-state index contributed by atoms with van der Waals surface area (Å²) in [6.07, 6.45) is 0.610. The van der Waals surface area contributed by atoms with Crippen molar-refractivity contribution in [2.75, 3.05) is 31.1 Å². The van der Waals surface area contributed by atoms with Gasteiger partial charge in [0.1, 0.15) is 5.60 Å². The third-order valence-electron chi connectivity index (χ3n) is 5.68. The van der Waals surface area contributed by atoms with Crippen molar-refractivity contribution in [1.82, 2.24) is 9.47 Å². The normalized spacial score (nSPS) is 15.2. The van der Waals surface area contributed by atoms with Gasteiger partial charge >= 0.3 is 12.6 Å². The number of benzene rings is 2. The number of carbonyl (C=O) groups excluding carboxylic acids is 1. The molecule has 1 aliphatic rings. The van der Waals surface area contributed by atoms with Crippen molar-refractivity contribution < 1.29 is 26.7 Å². The average molecular weight is 570 g/mol. The van der Waals surface area contributed by atoms with Gasteiger partial charge < -0.3 is 14.5 Å². The highest BCUT2D eigenvalue weighted by Crippen LogP contribution is 2.35. The summed E-state index contributed by atoms with van der Waals surface area (Å²) in [4.78, 5) is 15.8. The maximum Gasteiger partial charge on any atom is 0.410 e. The maximum absolute atomic E-state index is 13.6. The molecule has 1 aromatic heterocycles. The number of amides is 1. The molecule has 1 amide bonds. The van der Waals surface area contributed by atoms with Gasteiger partial charge in [-0.15, -0.1) is 0 Å². The summed E-state index contributed by atoms with van der Waals surface area (Å²) in [5.41, 5.74) is 0.227. The average Bonchev–Trinajstić information content (AvgIpc) is 3.18. The van der Waals surface area contributed by atoms with Crippen LogP contribution in [-0.4, -0.2) is 55.8 Å². The minimum atomic E-state index is -4.09. The number of hydrogen-bond donors (Lipinski definition) is 0. The Balaban J connectivity index is 1.60. The number of aromatic nitrogens is 1. The molecular formula is C24H26BrF2N3O4S. The van der Waals surface area contributed by atoms with E-state index in [0.29, 0.717) is 40.9 Å². The molecule has 0 N–H and O–H groups in total. The molecule has 0 atom stereocenters. The quantitative estimate of drug-likeness (QED) is 0.403. The molecule has 0 bridgehead atoms. The van der Waals surface area contributed by atoms with Crippen LogP contribution in [0.2, 0.25) is 0 Å². The van der Waals surface area contributed by atoms with Crippen molar-refractivity contribution in [2.45, 2.75) is 42.7 Å². The first kappa shape index (κ1) is 25.4. The van der Waals surface area contributed by atoms with Crippen LogP contribution in [0.5, 0.6) is 0 Å². The third-order valence-corrected chi connectivity index (χ3v) is 7.95. The maximum atomic E-state index is 13.6. The number of halogens is 3. The number of fused-ring (bicyclic) bond motifs is 1. The molecule has 0 radical (unpaired) electrons. The number of hydrogen-bond acceptors (Lipinski definition) is 5. The van der Waals surface area contributed by atoms with Gasteiger partial charge in [-0.2, -0.15) is 8.78 Å². The standard InChI is InChI=1S/C24H26BrF2N3O4S/c1-24(2,3)34-23(31)29-11-9-28(10-12-29)17-5-4-6-18(14-17)35(32,33)21-15-30(22(26)27)20-8-7-16(25)13-19(20)21/h4-8,13-15,22H,9-12H2,1-3H3. The zero-order valence-corrected chi connectivity index (χ0v) is 21.9. The monoisotopic (exact) mass is 569 g/mol. The van der Waals surface area contributed by atoms with E-state index in [-0.39, 0.29) is 26.8 Å². The van der Waals surface area contributed by atoms with Gasteiger partial charge in [-0.1, -0.05) is 22.0 Å². The minimum absolute atomic E-state index is 0.0119. The summed E-state index contributed by atoms with van der Waals surface area (Å²) >= 11 is 3.30. The second kappa shape index (κ2) is 9.42. The molecular weight excluding hydrogens is 544 g/mol. The van der Waals surface area contributed by atoms with Gasteiger partial charge in [0.25, 0.3) is 0 Å². The molecule has 7 nitrogen and oxygen atoms in total. The fraction of sp³-hybridized carbons (Fsp3) is 0.375. The number of alkyl halides is 2. The van der Waals surface area contributed by atoms with Crippen LogP contribution in [0, 0.1) is 0 Å². The van der Waals surface area contributed by atoms with Crippen molar-refractivity contribution in [1.29, 1.82) is 0 Å². The lowest BCUT2D eigenvalue weighted by molar-refractivity contribution is 0.0240. The van der Waals surface area contributed by atoms with Gasteiger partial charge in [-0.3, -0.25) is 4.57 Å². The lowest BCUT2D eigenvalue weighted by Gasteiger charge is -2.36. The summed E-state index contributed by atoms with van der Waals surface area (Å²) in [5.74, 6) is 0. The van der Waals surface area contributed by atoms with Crippen LogP contribution < -0.4 is 4.90 Å². The first-order valence-electron chi connectivity index (χ1n) is 11.0. The number of rotatable bonds is 4. The number of piperazine rings is 1. The molecule has 35 heavy (non-hydrogen) atoms.